The number of nitrogens with zero attached hydrogens (tertiary/aromatic N) is 1. The summed E-state index contributed by atoms with van der Waals surface area (Å²) in [5.74, 6) is 0.925. The fourth-order valence-corrected chi connectivity index (χ4v) is 3.06. The number of benzene rings is 1. The molecule has 1 aromatic rings. The highest BCUT2D eigenvalue weighted by molar-refractivity contribution is 5.47. The predicted molar refractivity (Wildman–Crippen MR) is 78.8 cm³/mol. The summed E-state index contributed by atoms with van der Waals surface area (Å²) < 4.78 is 0. The van der Waals surface area contributed by atoms with Crippen molar-refractivity contribution < 1.29 is 0 Å². The van der Waals surface area contributed by atoms with Gasteiger partial charge in [-0.3, -0.25) is 0 Å². The van der Waals surface area contributed by atoms with E-state index in [-0.39, 0.29) is 0 Å². The van der Waals surface area contributed by atoms with Crippen LogP contribution in [0.4, 0.5) is 5.69 Å². The molecule has 0 amide bonds. The third-order valence-electron chi connectivity index (χ3n) is 4.46. The first-order valence-corrected chi connectivity index (χ1v) is 7.26. The van der Waals surface area contributed by atoms with Crippen LogP contribution in [0.3, 0.4) is 0 Å². The highest BCUT2D eigenvalue weighted by Gasteiger charge is 2.23. The first kappa shape index (κ1) is 13.4. The minimum atomic E-state index is 0.630. The van der Waals surface area contributed by atoms with Crippen LogP contribution in [0.2, 0.25) is 0 Å². The van der Waals surface area contributed by atoms with Crippen molar-refractivity contribution in [3.05, 3.63) is 29.8 Å². The summed E-state index contributed by atoms with van der Waals surface area (Å²) in [6.07, 6.45) is 6.83. The fraction of sp³-hybridized carbons (Fsp3) is 0.625. The van der Waals surface area contributed by atoms with Crippen molar-refractivity contribution >= 4 is 5.69 Å². The van der Waals surface area contributed by atoms with Gasteiger partial charge in [-0.05, 0) is 36.5 Å². The Morgan fingerprint density at radius 1 is 1.22 bits per heavy atom. The Labute approximate surface area is 111 Å². The zero-order valence-corrected chi connectivity index (χ0v) is 11.7. The summed E-state index contributed by atoms with van der Waals surface area (Å²) in [7, 11) is 2.24. The van der Waals surface area contributed by atoms with Crippen molar-refractivity contribution in [1.29, 1.82) is 0 Å². The van der Waals surface area contributed by atoms with E-state index in [4.69, 9.17) is 5.73 Å². The lowest BCUT2D eigenvalue weighted by atomic mass is 9.83. The van der Waals surface area contributed by atoms with E-state index in [9.17, 15) is 0 Å². The number of hydrogen-bond acceptors (Lipinski definition) is 2. The molecule has 18 heavy (non-hydrogen) atoms. The smallest absolute Gasteiger partial charge is 0.0366 e. The van der Waals surface area contributed by atoms with Gasteiger partial charge in [-0.25, -0.2) is 0 Å². The van der Waals surface area contributed by atoms with Gasteiger partial charge in [0.25, 0.3) is 0 Å². The van der Waals surface area contributed by atoms with Crippen LogP contribution in [-0.4, -0.2) is 13.1 Å². The maximum atomic E-state index is 5.64. The molecule has 2 atom stereocenters. The Kier molecular flexibility index (Phi) is 4.65. The second kappa shape index (κ2) is 6.24. The fourth-order valence-electron chi connectivity index (χ4n) is 3.06. The topological polar surface area (TPSA) is 29.3 Å². The highest BCUT2D eigenvalue weighted by Crippen LogP contribution is 2.31. The maximum absolute atomic E-state index is 5.64. The minimum Gasteiger partial charge on any atom is -0.372 e. The molecule has 0 bridgehead atoms. The summed E-state index contributed by atoms with van der Waals surface area (Å²) in [6, 6.07) is 9.42. The minimum absolute atomic E-state index is 0.630. The van der Waals surface area contributed by atoms with E-state index in [0.717, 1.165) is 5.92 Å². The van der Waals surface area contributed by atoms with Crippen molar-refractivity contribution in [2.24, 2.45) is 11.7 Å². The Hall–Kier alpha value is -1.02. The lowest BCUT2D eigenvalue weighted by Crippen LogP contribution is -2.35. The monoisotopic (exact) mass is 246 g/mol. The summed E-state index contributed by atoms with van der Waals surface area (Å²) >= 11 is 0. The van der Waals surface area contributed by atoms with E-state index in [1.165, 1.54) is 43.4 Å². The van der Waals surface area contributed by atoms with E-state index >= 15 is 0 Å². The summed E-state index contributed by atoms with van der Waals surface area (Å²) in [5.41, 5.74) is 8.18. The van der Waals surface area contributed by atoms with Gasteiger partial charge in [-0.2, -0.15) is 0 Å². The van der Waals surface area contributed by atoms with Gasteiger partial charge in [0.2, 0.25) is 0 Å². The molecule has 1 aliphatic carbocycles. The molecule has 1 fully saturated rings. The van der Waals surface area contributed by atoms with E-state index < -0.39 is 0 Å². The van der Waals surface area contributed by atoms with Gasteiger partial charge in [0, 0.05) is 25.3 Å². The molecule has 2 heteroatoms. The summed E-state index contributed by atoms with van der Waals surface area (Å²) in [4.78, 5) is 2.46. The average molecular weight is 246 g/mol. The maximum Gasteiger partial charge on any atom is 0.0366 e. The molecule has 1 saturated carbocycles. The third kappa shape index (κ3) is 3.05. The molecular weight excluding hydrogens is 220 g/mol. The van der Waals surface area contributed by atoms with Crippen LogP contribution in [0.1, 0.15) is 44.6 Å². The van der Waals surface area contributed by atoms with E-state index in [1.807, 2.05) is 0 Å². The Bertz CT molecular complexity index is 358. The van der Waals surface area contributed by atoms with E-state index in [1.54, 1.807) is 0 Å². The lowest BCUT2D eigenvalue weighted by Gasteiger charge is -2.36. The van der Waals surface area contributed by atoms with Gasteiger partial charge in [0.15, 0.2) is 0 Å². The molecule has 0 saturated heterocycles. The Morgan fingerprint density at radius 2 is 1.94 bits per heavy atom. The predicted octanol–water partition coefficient (Wildman–Crippen LogP) is 3.55. The van der Waals surface area contributed by atoms with Crippen molar-refractivity contribution in [3.63, 3.8) is 0 Å². The first-order chi connectivity index (χ1) is 8.74. The SMILES string of the molecule is CCC1CCCC(N(C)c2ccc(CN)cc2)C1. The summed E-state index contributed by atoms with van der Waals surface area (Å²) in [6.45, 7) is 2.95. The standard InChI is InChI=1S/C16H26N2/c1-3-13-5-4-6-16(11-13)18(2)15-9-7-14(12-17)8-10-15/h7-10,13,16H,3-6,11-12,17H2,1-2H3. The van der Waals surface area contributed by atoms with E-state index in [0.29, 0.717) is 12.6 Å². The number of nitrogens with two attached hydrogens (primary N) is 1. The molecule has 100 valence electrons. The van der Waals surface area contributed by atoms with Crippen molar-refractivity contribution in [3.8, 4) is 0 Å². The Morgan fingerprint density at radius 3 is 2.56 bits per heavy atom. The molecule has 0 heterocycles. The van der Waals surface area contributed by atoms with Crippen molar-refractivity contribution in [2.45, 2.75) is 51.6 Å². The largest absolute Gasteiger partial charge is 0.372 e. The van der Waals surface area contributed by atoms with Crippen LogP contribution in [0.5, 0.6) is 0 Å². The number of hydrogen-bond donors (Lipinski definition) is 1. The van der Waals surface area contributed by atoms with Gasteiger partial charge < -0.3 is 10.6 Å². The zero-order chi connectivity index (χ0) is 13.0. The van der Waals surface area contributed by atoms with Crippen LogP contribution >= 0.6 is 0 Å². The molecule has 0 radical (unpaired) electrons. The van der Waals surface area contributed by atoms with Crippen LogP contribution in [0, 0.1) is 5.92 Å². The molecular formula is C16H26N2. The van der Waals surface area contributed by atoms with Gasteiger partial charge in [0.1, 0.15) is 0 Å². The molecule has 1 aliphatic rings. The molecule has 1 aromatic carbocycles. The van der Waals surface area contributed by atoms with Gasteiger partial charge in [0.05, 0.1) is 0 Å². The number of anilines is 1. The van der Waals surface area contributed by atoms with Crippen LogP contribution in [0.25, 0.3) is 0 Å². The molecule has 2 nitrogen and oxygen atoms in total. The Balaban J connectivity index is 2.02. The van der Waals surface area contributed by atoms with Gasteiger partial charge >= 0.3 is 0 Å². The van der Waals surface area contributed by atoms with Crippen molar-refractivity contribution in [2.75, 3.05) is 11.9 Å². The molecule has 0 spiro atoms. The summed E-state index contributed by atoms with van der Waals surface area (Å²) in [5, 5.41) is 0. The van der Waals surface area contributed by atoms with Crippen LogP contribution in [-0.2, 0) is 6.54 Å². The molecule has 2 rings (SSSR count). The normalized spacial score (nSPS) is 23.9. The van der Waals surface area contributed by atoms with Gasteiger partial charge in [-0.1, -0.05) is 38.3 Å². The van der Waals surface area contributed by atoms with Gasteiger partial charge in [-0.15, -0.1) is 0 Å². The quantitative estimate of drug-likeness (QED) is 0.880. The zero-order valence-electron chi connectivity index (χ0n) is 11.7. The van der Waals surface area contributed by atoms with E-state index in [2.05, 4.69) is 43.1 Å². The highest BCUT2D eigenvalue weighted by atomic mass is 15.1. The van der Waals surface area contributed by atoms with Crippen molar-refractivity contribution in [1.82, 2.24) is 0 Å². The number of rotatable bonds is 4. The second-order valence-corrected chi connectivity index (χ2v) is 5.58. The first-order valence-electron chi connectivity index (χ1n) is 7.26. The molecule has 2 unspecified atom stereocenters. The lowest BCUT2D eigenvalue weighted by molar-refractivity contribution is 0.309. The molecule has 0 aliphatic heterocycles. The molecule has 0 aromatic heterocycles. The average Bonchev–Trinajstić information content (AvgIpc) is 2.46. The van der Waals surface area contributed by atoms with Crippen LogP contribution in [0.15, 0.2) is 24.3 Å². The third-order valence-corrected chi connectivity index (χ3v) is 4.46. The second-order valence-electron chi connectivity index (χ2n) is 5.58. The molecule has 2 N–H and O–H groups in total. The van der Waals surface area contributed by atoms with Crippen LogP contribution < -0.4 is 10.6 Å².